The normalized spacial score (nSPS) is 19.6. The lowest BCUT2D eigenvalue weighted by Crippen LogP contribution is -2.07. The van der Waals surface area contributed by atoms with Crippen LogP contribution in [0.4, 0.5) is 5.69 Å². The first kappa shape index (κ1) is 11.5. The minimum atomic E-state index is 0.678. The largest absolute Gasteiger partial charge is 0.335 e. The Balaban J connectivity index is 1.92. The predicted molar refractivity (Wildman–Crippen MR) is 73.4 cm³/mol. The van der Waals surface area contributed by atoms with E-state index in [1.165, 1.54) is 18.4 Å². The fourth-order valence-electron chi connectivity index (χ4n) is 1.80. The molecular weight excluding hydrogens is 216 g/mol. The van der Waals surface area contributed by atoms with Gasteiger partial charge in [-0.2, -0.15) is 0 Å². The summed E-state index contributed by atoms with van der Waals surface area (Å²) in [5.74, 6) is 0. The zero-order chi connectivity index (χ0) is 11.4. The minimum absolute atomic E-state index is 0.678. The van der Waals surface area contributed by atoms with E-state index in [1.54, 1.807) is 0 Å². The molecule has 86 valence electrons. The third-order valence-corrected chi connectivity index (χ3v) is 3.77. The highest BCUT2D eigenvalue weighted by Gasteiger charge is 2.18. The molecule has 0 aliphatic carbocycles. The third kappa shape index (κ3) is 3.01. The van der Waals surface area contributed by atoms with E-state index in [9.17, 15) is 0 Å². The summed E-state index contributed by atoms with van der Waals surface area (Å²) in [5, 5.41) is 5.13. The Morgan fingerprint density at radius 1 is 1.50 bits per heavy atom. The van der Waals surface area contributed by atoms with E-state index in [2.05, 4.69) is 48.4 Å². The zero-order valence-electron chi connectivity index (χ0n) is 9.86. The maximum Gasteiger partial charge on any atom is 0.161 e. The van der Waals surface area contributed by atoms with Crippen LogP contribution in [0.5, 0.6) is 0 Å². The molecular formula is C13H18N2S. The molecule has 1 aromatic rings. The lowest BCUT2D eigenvalue weighted by atomic mass is 10.2. The van der Waals surface area contributed by atoms with Crippen LogP contribution in [-0.4, -0.2) is 17.0 Å². The summed E-state index contributed by atoms with van der Waals surface area (Å²) in [6, 6.07) is 8.41. The standard InChI is InChI=1S/C13H18N2S/c1-3-5-12-9-14-13(16-12)15-11-7-4-6-10(2)8-11/h4,6-8,12H,3,5,9H2,1-2H3,(H,14,15). The van der Waals surface area contributed by atoms with Crippen LogP contribution in [-0.2, 0) is 0 Å². The van der Waals surface area contributed by atoms with Crippen molar-refractivity contribution in [2.45, 2.75) is 31.9 Å². The number of thioether (sulfide) groups is 1. The van der Waals surface area contributed by atoms with E-state index in [0.717, 1.165) is 17.4 Å². The van der Waals surface area contributed by atoms with Crippen LogP contribution < -0.4 is 5.32 Å². The van der Waals surface area contributed by atoms with Gasteiger partial charge in [0.25, 0.3) is 0 Å². The molecule has 0 amide bonds. The van der Waals surface area contributed by atoms with Crippen molar-refractivity contribution < 1.29 is 0 Å². The van der Waals surface area contributed by atoms with Gasteiger partial charge in [0.05, 0.1) is 6.54 Å². The molecule has 0 aromatic heterocycles. The smallest absolute Gasteiger partial charge is 0.161 e. The third-order valence-electron chi connectivity index (χ3n) is 2.60. The van der Waals surface area contributed by atoms with Crippen LogP contribution in [0, 0.1) is 6.92 Å². The fourth-order valence-corrected chi connectivity index (χ4v) is 2.95. The van der Waals surface area contributed by atoms with Gasteiger partial charge in [-0.3, -0.25) is 4.99 Å². The summed E-state index contributed by atoms with van der Waals surface area (Å²) < 4.78 is 0. The number of nitrogens with one attached hydrogen (secondary N) is 1. The molecule has 1 unspecified atom stereocenters. The molecule has 0 fully saturated rings. The molecule has 2 nitrogen and oxygen atoms in total. The topological polar surface area (TPSA) is 24.4 Å². The summed E-state index contributed by atoms with van der Waals surface area (Å²) in [4.78, 5) is 4.53. The number of amidine groups is 1. The molecule has 0 saturated carbocycles. The van der Waals surface area contributed by atoms with Crippen molar-refractivity contribution in [2.75, 3.05) is 11.9 Å². The number of anilines is 1. The van der Waals surface area contributed by atoms with Crippen molar-refractivity contribution >= 4 is 22.6 Å². The van der Waals surface area contributed by atoms with Crippen LogP contribution in [0.2, 0.25) is 0 Å². The number of rotatable bonds is 3. The van der Waals surface area contributed by atoms with Crippen LogP contribution in [0.3, 0.4) is 0 Å². The molecule has 1 aromatic carbocycles. The first-order valence-electron chi connectivity index (χ1n) is 5.82. The number of aryl methyl sites for hydroxylation is 1. The van der Waals surface area contributed by atoms with Crippen molar-refractivity contribution in [1.29, 1.82) is 0 Å². The zero-order valence-corrected chi connectivity index (χ0v) is 10.7. The second-order valence-corrected chi connectivity index (χ2v) is 5.46. The van der Waals surface area contributed by atoms with Gasteiger partial charge in [0, 0.05) is 10.9 Å². The highest BCUT2D eigenvalue weighted by molar-refractivity contribution is 8.15. The van der Waals surface area contributed by atoms with Gasteiger partial charge in [0.15, 0.2) is 5.17 Å². The van der Waals surface area contributed by atoms with Crippen molar-refractivity contribution in [3.05, 3.63) is 29.8 Å². The summed E-state index contributed by atoms with van der Waals surface area (Å²) in [7, 11) is 0. The van der Waals surface area contributed by atoms with Crippen molar-refractivity contribution in [3.63, 3.8) is 0 Å². The van der Waals surface area contributed by atoms with E-state index < -0.39 is 0 Å². The molecule has 0 radical (unpaired) electrons. The van der Waals surface area contributed by atoms with E-state index in [4.69, 9.17) is 0 Å². The average molecular weight is 234 g/mol. The Morgan fingerprint density at radius 3 is 3.12 bits per heavy atom. The molecule has 0 saturated heterocycles. The molecule has 1 aliphatic rings. The van der Waals surface area contributed by atoms with Gasteiger partial charge in [-0.25, -0.2) is 0 Å². The molecule has 16 heavy (non-hydrogen) atoms. The summed E-state index contributed by atoms with van der Waals surface area (Å²) in [5.41, 5.74) is 2.42. The molecule has 3 heteroatoms. The van der Waals surface area contributed by atoms with Gasteiger partial charge in [-0.1, -0.05) is 37.2 Å². The van der Waals surface area contributed by atoms with Crippen molar-refractivity contribution in [2.24, 2.45) is 4.99 Å². The van der Waals surface area contributed by atoms with E-state index in [1.807, 2.05) is 11.8 Å². The summed E-state index contributed by atoms with van der Waals surface area (Å²) >= 11 is 1.87. The number of nitrogens with zero attached hydrogens (tertiary/aromatic N) is 1. The molecule has 1 heterocycles. The first-order chi connectivity index (χ1) is 7.78. The van der Waals surface area contributed by atoms with E-state index in [0.29, 0.717) is 5.25 Å². The van der Waals surface area contributed by atoms with Crippen LogP contribution in [0.25, 0.3) is 0 Å². The van der Waals surface area contributed by atoms with Gasteiger partial charge < -0.3 is 5.32 Å². The maximum absolute atomic E-state index is 4.53. The lowest BCUT2D eigenvalue weighted by Gasteiger charge is -2.08. The van der Waals surface area contributed by atoms with Crippen molar-refractivity contribution in [1.82, 2.24) is 0 Å². The average Bonchev–Trinajstić information content (AvgIpc) is 2.66. The molecule has 0 spiro atoms. The monoisotopic (exact) mass is 234 g/mol. The van der Waals surface area contributed by atoms with Crippen LogP contribution in [0.1, 0.15) is 25.3 Å². The number of benzene rings is 1. The van der Waals surface area contributed by atoms with Crippen LogP contribution >= 0.6 is 11.8 Å². The van der Waals surface area contributed by atoms with E-state index in [-0.39, 0.29) is 0 Å². The summed E-state index contributed by atoms with van der Waals surface area (Å²) in [6.45, 7) is 5.30. The van der Waals surface area contributed by atoms with E-state index >= 15 is 0 Å². The highest BCUT2D eigenvalue weighted by atomic mass is 32.2. The Bertz CT molecular complexity index is 387. The highest BCUT2D eigenvalue weighted by Crippen LogP contribution is 2.25. The van der Waals surface area contributed by atoms with Gasteiger partial charge in [-0.15, -0.1) is 0 Å². The fraction of sp³-hybridized carbons (Fsp3) is 0.462. The second-order valence-electron chi connectivity index (χ2n) is 4.17. The molecule has 1 atom stereocenters. The van der Waals surface area contributed by atoms with Gasteiger partial charge in [-0.05, 0) is 31.0 Å². The molecule has 0 bridgehead atoms. The molecule has 1 N–H and O–H groups in total. The van der Waals surface area contributed by atoms with Crippen LogP contribution in [0.15, 0.2) is 29.3 Å². The lowest BCUT2D eigenvalue weighted by molar-refractivity contribution is 0.754. The van der Waals surface area contributed by atoms with Gasteiger partial charge in [0.2, 0.25) is 0 Å². The Kier molecular flexibility index (Phi) is 3.88. The van der Waals surface area contributed by atoms with Gasteiger partial charge in [0.1, 0.15) is 0 Å². The predicted octanol–water partition coefficient (Wildman–Crippen LogP) is 3.68. The second kappa shape index (κ2) is 5.39. The SMILES string of the molecule is CCCC1CN=C(Nc2cccc(C)c2)S1. The summed E-state index contributed by atoms with van der Waals surface area (Å²) in [6.07, 6.45) is 2.50. The maximum atomic E-state index is 4.53. The first-order valence-corrected chi connectivity index (χ1v) is 6.70. The quantitative estimate of drug-likeness (QED) is 0.862. The number of hydrogen-bond acceptors (Lipinski definition) is 3. The molecule has 2 rings (SSSR count). The number of hydrogen-bond donors (Lipinski definition) is 1. The van der Waals surface area contributed by atoms with Gasteiger partial charge >= 0.3 is 0 Å². The van der Waals surface area contributed by atoms with Crippen molar-refractivity contribution in [3.8, 4) is 0 Å². The minimum Gasteiger partial charge on any atom is -0.335 e. The Morgan fingerprint density at radius 2 is 2.38 bits per heavy atom. The number of aliphatic imine (C=N–C) groups is 1. The Hall–Kier alpha value is -0.960. The molecule has 1 aliphatic heterocycles. The Labute approximate surface area is 102 Å².